The van der Waals surface area contributed by atoms with E-state index in [9.17, 15) is 0 Å². The fraction of sp³-hybridized carbons (Fsp3) is 0.263. The van der Waals surface area contributed by atoms with Crippen molar-refractivity contribution in [3.63, 3.8) is 0 Å². The van der Waals surface area contributed by atoms with E-state index in [0.717, 1.165) is 46.8 Å². The molecule has 5 nitrogen and oxygen atoms in total. The Balaban J connectivity index is 0.00000243. The van der Waals surface area contributed by atoms with Crippen LogP contribution in [0.25, 0.3) is 11.0 Å². The summed E-state index contributed by atoms with van der Waals surface area (Å²) in [6, 6.07) is 16.3. The van der Waals surface area contributed by atoms with Gasteiger partial charge in [-0.15, -0.1) is 24.0 Å². The second-order valence-corrected chi connectivity index (χ2v) is 6.73. The van der Waals surface area contributed by atoms with Crippen molar-refractivity contribution >= 4 is 56.9 Å². The van der Waals surface area contributed by atoms with Crippen LogP contribution in [0.3, 0.4) is 0 Å². The lowest BCUT2D eigenvalue weighted by molar-refractivity contribution is 0.476. The Morgan fingerprint density at radius 2 is 1.92 bits per heavy atom. The zero-order valence-electron chi connectivity index (χ0n) is 14.9. The SMILES string of the molecule is CN=C(NCCc1nc2ccccc2[nH]1)N(C)Cc1ccccc1Br.I. The Morgan fingerprint density at radius 3 is 2.65 bits per heavy atom. The molecular formula is C19H23BrIN5. The number of halogens is 2. The molecule has 0 bridgehead atoms. The molecule has 0 spiro atoms. The summed E-state index contributed by atoms with van der Waals surface area (Å²) < 4.78 is 1.11. The summed E-state index contributed by atoms with van der Waals surface area (Å²) in [6.07, 6.45) is 0.816. The van der Waals surface area contributed by atoms with E-state index < -0.39 is 0 Å². The van der Waals surface area contributed by atoms with Crippen LogP contribution in [0, 0.1) is 0 Å². The van der Waals surface area contributed by atoms with Gasteiger partial charge in [-0.25, -0.2) is 4.98 Å². The number of hydrogen-bond donors (Lipinski definition) is 2. The van der Waals surface area contributed by atoms with E-state index in [1.807, 2.05) is 43.4 Å². The monoisotopic (exact) mass is 527 g/mol. The Kier molecular flexibility index (Phi) is 7.89. The molecule has 0 aliphatic rings. The van der Waals surface area contributed by atoms with Crippen LogP contribution in [0.1, 0.15) is 11.4 Å². The molecule has 2 aromatic carbocycles. The largest absolute Gasteiger partial charge is 0.356 e. The molecule has 1 aromatic heterocycles. The Bertz CT molecular complexity index is 844. The molecule has 0 saturated heterocycles. The van der Waals surface area contributed by atoms with Gasteiger partial charge in [0.05, 0.1) is 11.0 Å². The maximum atomic E-state index is 4.60. The van der Waals surface area contributed by atoms with E-state index in [1.54, 1.807) is 7.05 Å². The van der Waals surface area contributed by atoms with Crippen LogP contribution >= 0.6 is 39.9 Å². The Hall–Kier alpha value is -1.61. The van der Waals surface area contributed by atoms with Crippen LogP contribution in [-0.4, -0.2) is 41.5 Å². The normalized spacial score (nSPS) is 11.3. The topological polar surface area (TPSA) is 56.3 Å². The van der Waals surface area contributed by atoms with Crippen molar-refractivity contribution in [3.8, 4) is 0 Å². The molecule has 1 heterocycles. The lowest BCUT2D eigenvalue weighted by Gasteiger charge is -2.22. The number of para-hydroxylation sites is 2. The number of aliphatic imine (C=N–C) groups is 1. The first-order valence-electron chi connectivity index (χ1n) is 8.26. The van der Waals surface area contributed by atoms with E-state index in [-0.39, 0.29) is 24.0 Å². The molecule has 3 aromatic rings. The quantitative estimate of drug-likeness (QED) is 0.297. The molecule has 26 heavy (non-hydrogen) atoms. The number of aromatic nitrogens is 2. The fourth-order valence-corrected chi connectivity index (χ4v) is 3.17. The van der Waals surface area contributed by atoms with Gasteiger partial charge in [0.25, 0.3) is 0 Å². The maximum Gasteiger partial charge on any atom is 0.193 e. The molecule has 0 radical (unpaired) electrons. The van der Waals surface area contributed by atoms with Crippen molar-refractivity contribution in [1.82, 2.24) is 20.2 Å². The van der Waals surface area contributed by atoms with E-state index in [0.29, 0.717) is 0 Å². The number of rotatable bonds is 5. The fourth-order valence-electron chi connectivity index (χ4n) is 2.76. The van der Waals surface area contributed by atoms with Gasteiger partial charge < -0.3 is 15.2 Å². The molecule has 0 aliphatic heterocycles. The summed E-state index contributed by atoms with van der Waals surface area (Å²) in [4.78, 5) is 14.4. The molecule has 7 heteroatoms. The van der Waals surface area contributed by atoms with Crippen LogP contribution in [0.15, 0.2) is 58.0 Å². The second-order valence-electron chi connectivity index (χ2n) is 5.87. The van der Waals surface area contributed by atoms with Gasteiger partial charge in [-0.1, -0.05) is 46.3 Å². The third-order valence-electron chi connectivity index (χ3n) is 4.02. The van der Waals surface area contributed by atoms with Crippen molar-refractivity contribution in [3.05, 3.63) is 64.4 Å². The van der Waals surface area contributed by atoms with E-state index >= 15 is 0 Å². The highest BCUT2D eigenvalue weighted by atomic mass is 127. The molecule has 3 rings (SSSR count). The minimum atomic E-state index is 0. The number of aromatic amines is 1. The molecule has 0 aliphatic carbocycles. The lowest BCUT2D eigenvalue weighted by atomic mass is 10.2. The van der Waals surface area contributed by atoms with Gasteiger partial charge in [0.15, 0.2) is 5.96 Å². The number of nitrogens with one attached hydrogen (secondary N) is 2. The number of imidazole rings is 1. The van der Waals surface area contributed by atoms with Gasteiger partial charge in [-0.3, -0.25) is 4.99 Å². The van der Waals surface area contributed by atoms with Crippen molar-refractivity contribution in [2.75, 3.05) is 20.6 Å². The van der Waals surface area contributed by atoms with Gasteiger partial charge in [-0.05, 0) is 23.8 Å². The number of benzene rings is 2. The van der Waals surface area contributed by atoms with Crippen LogP contribution in [0.4, 0.5) is 0 Å². The number of nitrogens with zero attached hydrogens (tertiary/aromatic N) is 3. The third kappa shape index (κ3) is 5.20. The lowest BCUT2D eigenvalue weighted by Crippen LogP contribution is -2.39. The van der Waals surface area contributed by atoms with Gasteiger partial charge in [0, 0.05) is 38.1 Å². The first-order chi connectivity index (χ1) is 12.2. The highest BCUT2D eigenvalue weighted by molar-refractivity contribution is 14.0. The van der Waals surface area contributed by atoms with Crippen LogP contribution in [-0.2, 0) is 13.0 Å². The molecule has 0 atom stereocenters. The average Bonchev–Trinajstić information content (AvgIpc) is 3.03. The van der Waals surface area contributed by atoms with E-state index in [4.69, 9.17) is 0 Å². The highest BCUT2D eigenvalue weighted by Crippen LogP contribution is 2.17. The number of guanidine groups is 1. The van der Waals surface area contributed by atoms with Crippen molar-refractivity contribution < 1.29 is 0 Å². The molecule has 0 amide bonds. The molecule has 0 unspecified atom stereocenters. The number of H-pyrrole nitrogens is 1. The van der Waals surface area contributed by atoms with E-state index in [1.165, 1.54) is 5.56 Å². The first kappa shape index (κ1) is 20.7. The first-order valence-corrected chi connectivity index (χ1v) is 9.05. The zero-order chi connectivity index (χ0) is 17.6. The molecule has 0 fully saturated rings. The predicted molar refractivity (Wildman–Crippen MR) is 122 cm³/mol. The summed E-state index contributed by atoms with van der Waals surface area (Å²) in [7, 11) is 3.84. The Labute approximate surface area is 179 Å². The summed E-state index contributed by atoms with van der Waals surface area (Å²) in [5.74, 6) is 1.85. The minimum absolute atomic E-state index is 0. The predicted octanol–water partition coefficient (Wildman–Crippen LogP) is 4.19. The van der Waals surface area contributed by atoms with E-state index in [2.05, 4.69) is 53.2 Å². The molecule has 138 valence electrons. The second kappa shape index (κ2) is 9.91. The van der Waals surface area contributed by atoms with Crippen LogP contribution in [0.2, 0.25) is 0 Å². The highest BCUT2D eigenvalue weighted by Gasteiger charge is 2.09. The minimum Gasteiger partial charge on any atom is -0.356 e. The Morgan fingerprint density at radius 1 is 1.19 bits per heavy atom. The van der Waals surface area contributed by atoms with Crippen LogP contribution in [0.5, 0.6) is 0 Å². The molecule has 2 N–H and O–H groups in total. The zero-order valence-corrected chi connectivity index (χ0v) is 18.8. The maximum absolute atomic E-state index is 4.60. The average molecular weight is 528 g/mol. The van der Waals surface area contributed by atoms with Crippen molar-refractivity contribution in [1.29, 1.82) is 0 Å². The van der Waals surface area contributed by atoms with Crippen LogP contribution < -0.4 is 5.32 Å². The summed E-state index contributed by atoms with van der Waals surface area (Å²) in [5, 5.41) is 3.40. The van der Waals surface area contributed by atoms with Gasteiger partial charge in [-0.2, -0.15) is 0 Å². The number of fused-ring (bicyclic) bond motifs is 1. The number of hydrogen-bond acceptors (Lipinski definition) is 2. The molecule has 0 saturated carbocycles. The molecular weight excluding hydrogens is 505 g/mol. The van der Waals surface area contributed by atoms with Gasteiger partial charge >= 0.3 is 0 Å². The standard InChI is InChI=1S/C19H22BrN5.HI/c1-21-19(25(2)13-14-7-3-4-8-15(14)20)22-12-11-18-23-16-9-5-6-10-17(16)24-18;/h3-10H,11-13H2,1-2H3,(H,21,22)(H,23,24);1H. The summed E-state index contributed by atoms with van der Waals surface area (Å²) in [5.41, 5.74) is 3.31. The van der Waals surface area contributed by atoms with Gasteiger partial charge in [0.2, 0.25) is 0 Å². The third-order valence-corrected chi connectivity index (χ3v) is 4.80. The van der Waals surface area contributed by atoms with Gasteiger partial charge in [0.1, 0.15) is 5.82 Å². The smallest absolute Gasteiger partial charge is 0.193 e. The van der Waals surface area contributed by atoms with Crippen molar-refractivity contribution in [2.45, 2.75) is 13.0 Å². The van der Waals surface area contributed by atoms with Crippen molar-refractivity contribution in [2.24, 2.45) is 4.99 Å². The summed E-state index contributed by atoms with van der Waals surface area (Å²) in [6.45, 7) is 1.55. The summed E-state index contributed by atoms with van der Waals surface area (Å²) >= 11 is 3.60.